The fourth-order valence-electron chi connectivity index (χ4n) is 2.87. The summed E-state index contributed by atoms with van der Waals surface area (Å²) in [6.45, 7) is 3.17. The second kappa shape index (κ2) is 9.90. The summed E-state index contributed by atoms with van der Waals surface area (Å²) in [5.74, 6) is 0.421. The molecule has 1 aromatic carbocycles. The average Bonchev–Trinajstić information content (AvgIpc) is 3.02. The number of halogens is 3. The molecule has 7 heteroatoms. The maximum Gasteiger partial charge on any atom is 0.387 e. The highest BCUT2D eigenvalue weighted by Crippen LogP contribution is 2.30. The van der Waals surface area contributed by atoms with Crippen LogP contribution in [0.5, 0.6) is 11.5 Å². The van der Waals surface area contributed by atoms with Crippen LogP contribution in [0.1, 0.15) is 25.3 Å². The standard InChI is InChI=1S/C16H24F2N2O2.ClH/c1-3-8-20(13-6-7-19-10-13)11-12-4-5-14(22-16(17)18)15(9-12)21-2;/h4-5,9,13,16,19H,3,6-8,10-11H2,1-2H3;1H. The van der Waals surface area contributed by atoms with Gasteiger partial charge >= 0.3 is 6.61 Å². The molecule has 0 aromatic heterocycles. The number of alkyl halides is 2. The lowest BCUT2D eigenvalue weighted by Gasteiger charge is -2.28. The molecule has 1 unspecified atom stereocenters. The van der Waals surface area contributed by atoms with Crippen LogP contribution in [0.15, 0.2) is 18.2 Å². The Morgan fingerprint density at radius 1 is 1.35 bits per heavy atom. The summed E-state index contributed by atoms with van der Waals surface area (Å²) in [5.41, 5.74) is 1.04. The summed E-state index contributed by atoms with van der Waals surface area (Å²) < 4.78 is 34.3. The summed E-state index contributed by atoms with van der Waals surface area (Å²) in [5, 5.41) is 3.38. The van der Waals surface area contributed by atoms with Crippen molar-refractivity contribution < 1.29 is 18.3 Å². The van der Waals surface area contributed by atoms with Gasteiger partial charge in [-0.2, -0.15) is 8.78 Å². The summed E-state index contributed by atoms with van der Waals surface area (Å²) in [6, 6.07) is 5.69. The third kappa shape index (κ3) is 5.79. The Bertz CT molecular complexity index is 471. The zero-order chi connectivity index (χ0) is 15.9. The normalized spacial score (nSPS) is 17.4. The van der Waals surface area contributed by atoms with Crippen LogP contribution in [-0.4, -0.2) is 44.3 Å². The third-order valence-corrected chi connectivity index (χ3v) is 3.89. The fourth-order valence-corrected chi connectivity index (χ4v) is 2.87. The lowest BCUT2D eigenvalue weighted by atomic mass is 10.1. The highest BCUT2D eigenvalue weighted by Gasteiger charge is 2.22. The van der Waals surface area contributed by atoms with Gasteiger partial charge in [0, 0.05) is 19.1 Å². The quantitative estimate of drug-likeness (QED) is 0.780. The SMILES string of the molecule is CCCN(Cc1ccc(OC(F)F)c(OC)c1)C1CCNC1.Cl. The number of methoxy groups -OCH3 is 1. The molecule has 1 aromatic rings. The summed E-state index contributed by atoms with van der Waals surface area (Å²) in [6.07, 6.45) is 2.23. The van der Waals surface area contributed by atoms with Gasteiger partial charge in [0.2, 0.25) is 0 Å². The first kappa shape index (κ1) is 19.9. The molecular formula is C16H25ClF2N2O2. The Morgan fingerprint density at radius 2 is 2.13 bits per heavy atom. The van der Waals surface area contributed by atoms with Crippen molar-refractivity contribution in [3.63, 3.8) is 0 Å². The smallest absolute Gasteiger partial charge is 0.387 e. The highest BCUT2D eigenvalue weighted by molar-refractivity contribution is 5.85. The van der Waals surface area contributed by atoms with Crippen LogP contribution in [0.3, 0.4) is 0 Å². The Labute approximate surface area is 142 Å². The third-order valence-electron chi connectivity index (χ3n) is 3.89. The largest absolute Gasteiger partial charge is 0.493 e. The molecule has 0 amide bonds. The first-order chi connectivity index (χ1) is 10.6. The fraction of sp³-hybridized carbons (Fsp3) is 0.625. The van der Waals surface area contributed by atoms with Gasteiger partial charge in [0.15, 0.2) is 11.5 Å². The van der Waals surface area contributed by atoms with Crippen LogP contribution < -0.4 is 14.8 Å². The topological polar surface area (TPSA) is 33.7 Å². The minimum absolute atomic E-state index is 0. The zero-order valence-corrected chi connectivity index (χ0v) is 14.4. The van der Waals surface area contributed by atoms with Gasteiger partial charge in [0.05, 0.1) is 7.11 Å². The summed E-state index contributed by atoms with van der Waals surface area (Å²) in [4.78, 5) is 2.43. The molecule has 23 heavy (non-hydrogen) atoms. The van der Waals surface area contributed by atoms with Crippen molar-refractivity contribution >= 4 is 12.4 Å². The first-order valence-corrected chi connectivity index (χ1v) is 7.70. The molecule has 0 saturated carbocycles. The van der Waals surface area contributed by atoms with E-state index in [1.165, 1.54) is 7.11 Å². The van der Waals surface area contributed by atoms with Crippen molar-refractivity contribution in [3.05, 3.63) is 23.8 Å². The highest BCUT2D eigenvalue weighted by atomic mass is 35.5. The number of rotatable bonds is 8. The molecule has 1 N–H and O–H groups in total. The number of hydrogen-bond acceptors (Lipinski definition) is 4. The molecule has 0 radical (unpaired) electrons. The Morgan fingerprint density at radius 3 is 2.70 bits per heavy atom. The predicted molar refractivity (Wildman–Crippen MR) is 88.8 cm³/mol. The van der Waals surface area contributed by atoms with E-state index in [1.807, 2.05) is 6.07 Å². The molecule has 0 aliphatic carbocycles. The number of nitrogens with one attached hydrogen (secondary N) is 1. The van der Waals surface area contributed by atoms with Crippen molar-refractivity contribution in [2.45, 2.75) is 39.0 Å². The van der Waals surface area contributed by atoms with Crippen LogP contribution in [-0.2, 0) is 6.54 Å². The second-order valence-electron chi connectivity index (χ2n) is 5.48. The molecule has 0 spiro atoms. The average molecular weight is 351 g/mol. The van der Waals surface area contributed by atoms with Crippen LogP contribution in [0.4, 0.5) is 8.78 Å². The van der Waals surface area contributed by atoms with E-state index < -0.39 is 6.61 Å². The number of nitrogens with zero attached hydrogens (tertiary/aromatic N) is 1. The molecule has 1 aliphatic heterocycles. The van der Waals surface area contributed by atoms with Gasteiger partial charge in [-0.3, -0.25) is 4.90 Å². The van der Waals surface area contributed by atoms with E-state index in [0.29, 0.717) is 11.8 Å². The molecule has 1 saturated heterocycles. The maximum atomic E-state index is 12.4. The van der Waals surface area contributed by atoms with Crippen molar-refractivity contribution in [2.75, 3.05) is 26.7 Å². The maximum absolute atomic E-state index is 12.4. The van der Waals surface area contributed by atoms with Crippen molar-refractivity contribution in [3.8, 4) is 11.5 Å². The lowest BCUT2D eigenvalue weighted by molar-refractivity contribution is -0.0512. The molecule has 132 valence electrons. The predicted octanol–water partition coefficient (Wildman–Crippen LogP) is 3.29. The van der Waals surface area contributed by atoms with Gasteiger partial charge in [0.1, 0.15) is 0 Å². The van der Waals surface area contributed by atoms with E-state index in [2.05, 4.69) is 21.9 Å². The van der Waals surface area contributed by atoms with Crippen LogP contribution in [0.25, 0.3) is 0 Å². The molecule has 1 fully saturated rings. The van der Waals surface area contributed by atoms with Crippen molar-refractivity contribution in [1.29, 1.82) is 0 Å². The van der Waals surface area contributed by atoms with Gasteiger partial charge in [-0.05, 0) is 43.6 Å². The number of hydrogen-bond donors (Lipinski definition) is 1. The minimum atomic E-state index is -2.85. The lowest BCUT2D eigenvalue weighted by Crippen LogP contribution is -2.36. The number of ether oxygens (including phenoxy) is 2. The summed E-state index contributed by atoms with van der Waals surface area (Å²) in [7, 11) is 1.46. The van der Waals surface area contributed by atoms with E-state index in [-0.39, 0.29) is 18.2 Å². The van der Waals surface area contributed by atoms with E-state index >= 15 is 0 Å². The van der Waals surface area contributed by atoms with Crippen LogP contribution >= 0.6 is 12.4 Å². The molecule has 1 aliphatic rings. The first-order valence-electron chi connectivity index (χ1n) is 7.70. The van der Waals surface area contributed by atoms with Gasteiger partial charge in [-0.1, -0.05) is 13.0 Å². The monoisotopic (exact) mass is 350 g/mol. The van der Waals surface area contributed by atoms with E-state index in [4.69, 9.17) is 4.74 Å². The van der Waals surface area contributed by atoms with Crippen LogP contribution in [0.2, 0.25) is 0 Å². The van der Waals surface area contributed by atoms with E-state index in [0.717, 1.165) is 44.6 Å². The van der Waals surface area contributed by atoms with Crippen LogP contribution in [0, 0.1) is 0 Å². The minimum Gasteiger partial charge on any atom is -0.493 e. The van der Waals surface area contributed by atoms with Gasteiger partial charge < -0.3 is 14.8 Å². The van der Waals surface area contributed by atoms with E-state index in [1.54, 1.807) is 12.1 Å². The zero-order valence-electron chi connectivity index (χ0n) is 13.6. The molecule has 1 atom stereocenters. The molecule has 4 nitrogen and oxygen atoms in total. The summed E-state index contributed by atoms with van der Waals surface area (Å²) >= 11 is 0. The molecule has 1 heterocycles. The van der Waals surface area contributed by atoms with Gasteiger partial charge in [0.25, 0.3) is 0 Å². The van der Waals surface area contributed by atoms with E-state index in [9.17, 15) is 8.78 Å². The van der Waals surface area contributed by atoms with Gasteiger partial charge in [-0.25, -0.2) is 0 Å². The Balaban J connectivity index is 0.00000264. The number of benzene rings is 1. The molecular weight excluding hydrogens is 326 g/mol. The molecule has 2 rings (SSSR count). The second-order valence-corrected chi connectivity index (χ2v) is 5.48. The van der Waals surface area contributed by atoms with Crippen molar-refractivity contribution in [2.24, 2.45) is 0 Å². The molecule has 0 bridgehead atoms. The Hall–Kier alpha value is -1.11. The van der Waals surface area contributed by atoms with Gasteiger partial charge in [-0.15, -0.1) is 12.4 Å². The Kier molecular flexibility index (Phi) is 8.58. The van der Waals surface area contributed by atoms with Crippen molar-refractivity contribution in [1.82, 2.24) is 10.2 Å².